The summed E-state index contributed by atoms with van der Waals surface area (Å²) >= 11 is 0. The predicted octanol–water partition coefficient (Wildman–Crippen LogP) is 0.227. The lowest BCUT2D eigenvalue weighted by Gasteiger charge is -2.28. The van der Waals surface area contributed by atoms with Gasteiger partial charge in [-0.15, -0.1) is 0 Å². The van der Waals surface area contributed by atoms with Gasteiger partial charge in [0.05, 0.1) is 25.3 Å². The van der Waals surface area contributed by atoms with Crippen LogP contribution in [0, 0.1) is 0 Å². The number of anilines is 1. The number of rotatable bonds is 6. The van der Waals surface area contributed by atoms with Gasteiger partial charge in [0.25, 0.3) is 5.91 Å². The maximum absolute atomic E-state index is 12.1. The second-order valence-electron chi connectivity index (χ2n) is 6.26. The van der Waals surface area contributed by atoms with Crippen LogP contribution >= 0.6 is 0 Å². The van der Waals surface area contributed by atoms with E-state index in [2.05, 4.69) is 0 Å². The average Bonchev–Trinajstić information content (AvgIpc) is 2.66. The number of benzene rings is 1. The van der Waals surface area contributed by atoms with Crippen LogP contribution in [0.5, 0.6) is 0 Å². The number of nitrogens with zero attached hydrogens (tertiary/aromatic N) is 3. The monoisotopic (exact) mass is 363 g/mol. The van der Waals surface area contributed by atoms with Gasteiger partial charge in [0.1, 0.15) is 0 Å². The van der Waals surface area contributed by atoms with Gasteiger partial charge in [-0.2, -0.15) is 0 Å². The molecule has 1 aromatic carbocycles. The van der Waals surface area contributed by atoms with E-state index in [-0.39, 0.29) is 12.5 Å². The van der Waals surface area contributed by atoms with Gasteiger partial charge in [-0.25, -0.2) is 4.79 Å². The van der Waals surface area contributed by atoms with Crippen molar-refractivity contribution in [2.24, 2.45) is 0 Å². The molecule has 0 bridgehead atoms. The van der Waals surface area contributed by atoms with E-state index < -0.39 is 18.5 Å². The summed E-state index contributed by atoms with van der Waals surface area (Å²) in [5, 5.41) is 0. The fourth-order valence-corrected chi connectivity index (χ4v) is 2.44. The third kappa shape index (κ3) is 5.45. The van der Waals surface area contributed by atoms with Crippen molar-refractivity contribution >= 4 is 23.5 Å². The molecule has 1 fully saturated rings. The second kappa shape index (κ2) is 9.19. The topological polar surface area (TPSA) is 79.4 Å². The molecule has 0 unspecified atom stereocenters. The largest absolute Gasteiger partial charge is 0.452 e. The fraction of sp³-hybridized carbons (Fsp3) is 0.500. The minimum absolute atomic E-state index is 0.0491. The number of hydrogen-bond acceptors (Lipinski definition) is 6. The van der Waals surface area contributed by atoms with Crippen molar-refractivity contribution in [2.45, 2.75) is 0 Å². The van der Waals surface area contributed by atoms with Crippen molar-refractivity contribution in [1.82, 2.24) is 9.80 Å². The van der Waals surface area contributed by atoms with Crippen LogP contribution in [-0.2, 0) is 19.1 Å². The minimum Gasteiger partial charge on any atom is -0.452 e. The lowest BCUT2D eigenvalue weighted by atomic mass is 10.2. The van der Waals surface area contributed by atoms with E-state index in [9.17, 15) is 14.4 Å². The normalized spacial score (nSPS) is 13.9. The van der Waals surface area contributed by atoms with Crippen molar-refractivity contribution < 1.29 is 23.9 Å². The molecule has 0 aliphatic carbocycles. The molecule has 1 saturated heterocycles. The number of esters is 1. The van der Waals surface area contributed by atoms with Gasteiger partial charge in [-0.05, 0) is 18.2 Å². The molecule has 0 N–H and O–H groups in total. The third-order valence-electron chi connectivity index (χ3n) is 4.09. The van der Waals surface area contributed by atoms with Gasteiger partial charge in [0.2, 0.25) is 5.91 Å². The van der Waals surface area contributed by atoms with Gasteiger partial charge in [-0.1, -0.05) is 6.07 Å². The van der Waals surface area contributed by atoms with Crippen LogP contribution in [0.3, 0.4) is 0 Å². The van der Waals surface area contributed by atoms with Crippen LogP contribution < -0.4 is 4.90 Å². The van der Waals surface area contributed by atoms with Crippen LogP contribution in [0.15, 0.2) is 24.3 Å². The number of carbonyl (C=O) groups is 3. The summed E-state index contributed by atoms with van der Waals surface area (Å²) in [6.45, 7) is 1.61. The first-order valence-corrected chi connectivity index (χ1v) is 8.42. The van der Waals surface area contributed by atoms with Crippen molar-refractivity contribution in [3.8, 4) is 0 Å². The molecule has 26 heavy (non-hydrogen) atoms. The molecular formula is C18H25N3O5. The third-order valence-corrected chi connectivity index (χ3v) is 4.09. The van der Waals surface area contributed by atoms with E-state index in [4.69, 9.17) is 9.47 Å². The Morgan fingerprint density at radius 2 is 1.85 bits per heavy atom. The summed E-state index contributed by atoms with van der Waals surface area (Å²) in [7, 11) is 5.25. The SMILES string of the molecule is CN(CC(=O)N1CCOCC1)C(=O)COC(=O)c1cccc(N(C)C)c1. The number of ether oxygens (including phenoxy) is 2. The van der Waals surface area contributed by atoms with Crippen molar-refractivity contribution in [3.63, 3.8) is 0 Å². The van der Waals surface area contributed by atoms with Crippen molar-refractivity contribution in [3.05, 3.63) is 29.8 Å². The molecule has 0 aromatic heterocycles. The first-order chi connectivity index (χ1) is 12.4. The summed E-state index contributed by atoms with van der Waals surface area (Å²) in [4.78, 5) is 41.2. The van der Waals surface area contributed by atoms with Gasteiger partial charge >= 0.3 is 5.97 Å². The Bertz CT molecular complexity index is 656. The Labute approximate surface area is 153 Å². The van der Waals surface area contributed by atoms with E-state index >= 15 is 0 Å². The van der Waals surface area contributed by atoms with Crippen LogP contribution in [0.1, 0.15) is 10.4 Å². The summed E-state index contributed by atoms with van der Waals surface area (Å²) in [6, 6.07) is 6.94. The Hall–Kier alpha value is -2.61. The van der Waals surface area contributed by atoms with E-state index in [0.29, 0.717) is 31.9 Å². The molecule has 8 nitrogen and oxygen atoms in total. The number of morpholine rings is 1. The summed E-state index contributed by atoms with van der Waals surface area (Å²) in [6.07, 6.45) is 0. The zero-order valence-corrected chi connectivity index (χ0v) is 15.4. The van der Waals surface area contributed by atoms with Gasteiger partial charge in [0, 0.05) is 39.9 Å². The Morgan fingerprint density at radius 3 is 2.50 bits per heavy atom. The summed E-state index contributed by atoms with van der Waals surface area (Å²) in [5.41, 5.74) is 1.23. The molecule has 0 radical (unpaired) electrons. The van der Waals surface area contributed by atoms with E-state index in [1.165, 1.54) is 11.9 Å². The van der Waals surface area contributed by atoms with Gasteiger partial charge in [0.15, 0.2) is 6.61 Å². The summed E-state index contributed by atoms with van der Waals surface area (Å²) < 4.78 is 10.3. The molecule has 0 saturated carbocycles. The molecule has 2 amide bonds. The van der Waals surface area contributed by atoms with Crippen LogP contribution in [0.25, 0.3) is 0 Å². The number of likely N-dealkylation sites (N-methyl/N-ethyl adjacent to an activating group) is 1. The molecule has 8 heteroatoms. The molecule has 0 spiro atoms. The fourth-order valence-electron chi connectivity index (χ4n) is 2.44. The molecule has 0 atom stereocenters. The molecule has 2 rings (SSSR count). The van der Waals surface area contributed by atoms with Crippen LogP contribution in [-0.4, -0.2) is 88.2 Å². The minimum atomic E-state index is -0.574. The number of carbonyl (C=O) groups excluding carboxylic acids is 3. The lowest BCUT2D eigenvalue weighted by molar-refractivity contribution is -0.143. The zero-order valence-electron chi connectivity index (χ0n) is 15.4. The smallest absolute Gasteiger partial charge is 0.338 e. The quantitative estimate of drug-likeness (QED) is 0.673. The Morgan fingerprint density at radius 1 is 1.15 bits per heavy atom. The molecule has 1 aliphatic heterocycles. The highest BCUT2D eigenvalue weighted by molar-refractivity contribution is 5.92. The highest BCUT2D eigenvalue weighted by Crippen LogP contribution is 2.14. The maximum atomic E-state index is 12.1. The highest BCUT2D eigenvalue weighted by Gasteiger charge is 2.21. The average molecular weight is 363 g/mol. The molecule has 142 valence electrons. The van der Waals surface area contributed by atoms with Crippen molar-refractivity contribution in [2.75, 3.05) is 65.5 Å². The first kappa shape index (κ1) is 19.7. The van der Waals surface area contributed by atoms with E-state index in [1.54, 1.807) is 23.1 Å². The number of hydrogen-bond donors (Lipinski definition) is 0. The van der Waals surface area contributed by atoms with Crippen LogP contribution in [0.4, 0.5) is 5.69 Å². The van der Waals surface area contributed by atoms with Crippen LogP contribution in [0.2, 0.25) is 0 Å². The molecule has 1 aromatic rings. The Balaban J connectivity index is 1.82. The van der Waals surface area contributed by atoms with E-state index in [1.807, 2.05) is 25.1 Å². The molecular weight excluding hydrogens is 338 g/mol. The summed E-state index contributed by atoms with van der Waals surface area (Å²) in [5.74, 6) is -1.15. The number of amides is 2. The van der Waals surface area contributed by atoms with E-state index in [0.717, 1.165) is 5.69 Å². The zero-order chi connectivity index (χ0) is 19.1. The molecule has 1 aliphatic rings. The maximum Gasteiger partial charge on any atom is 0.338 e. The predicted molar refractivity (Wildman–Crippen MR) is 96.1 cm³/mol. The van der Waals surface area contributed by atoms with Gasteiger partial charge in [-0.3, -0.25) is 9.59 Å². The lowest BCUT2D eigenvalue weighted by Crippen LogP contribution is -2.46. The van der Waals surface area contributed by atoms with Gasteiger partial charge < -0.3 is 24.2 Å². The second-order valence-corrected chi connectivity index (χ2v) is 6.26. The highest BCUT2D eigenvalue weighted by atomic mass is 16.5. The Kier molecular flexibility index (Phi) is 6.97. The van der Waals surface area contributed by atoms with Crippen molar-refractivity contribution in [1.29, 1.82) is 0 Å². The molecule has 1 heterocycles. The first-order valence-electron chi connectivity index (χ1n) is 8.42. The standard InChI is InChI=1S/C18H25N3O5/c1-19(2)15-6-4-5-14(11-15)18(24)26-13-17(23)20(3)12-16(22)21-7-9-25-10-8-21/h4-6,11H,7-10,12-13H2,1-3H3.